The summed E-state index contributed by atoms with van der Waals surface area (Å²) in [7, 11) is 1.99. The maximum absolute atomic E-state index is 13.7. The number of halogens is 1. The third-order valence-electron chi connectivity index (χ3n) is 3.85. The molecule has 1 unspecified atom stereocenters. The largest absolute Gasteiger partial charge is 0.394 e. The molecule has 1 aromatic heterocycles. The molecule has 19 heavy (non-hydrogen) atoms. The van der Waals surface area contributed by atoms with Crippen LogP contribution in [-0.4, -0.2) is 41.2 Å². The highest BCUT2D eigenvalue weighted by Gasteiger charge is 2.24. The fourth-order valence-corrected chi connectivity index (χ4v) is 2.84. The van der Waals surface area contributed by atoms with E-state index in [9.17, 15) is 9.50 Å². The van der Waals surface area contributed by atoms with E-state index in [-0.39, 0.29) is 18.5 Å². The highest BCUT2D eigenvalue weighted by Crippen LogP contribution is 2.31. The van der Waals surface area contributed by atoms with Crippen LogP contribution in [-0.2, 0) is 0 Å². The Morgan fingerprint density at radius 2 is 2.32 bits per heavy atom. The second-order valence-electron chi connectivity index (χ2n) is 5.02. The van der Waals surface area contributed by atoms with E-state index in [2.05, 4.69) is 16.0 Å². The van der Waals surface area contributed by atoms with Gasteiger partial charge in [0, 0.05) is 23.7 Å². The molecule has 1 aromatic carbocycles. The normalized spacial score (nSPS) is 20.8. The summed E-state index contributed by atoms with van der Waals surface area (Å²) in [5.41, 5.74) is 2.79. The van der Waals surface area contributed by atoms with Crippen LogP contribution in [0.4, 0.5) is 4.39 Å². The summed E-state index contributed by atoms with van der Waals surface area (Å²) in [6.45, 7) is 0.957. The minimum absolute atomic E-state index is 0.0427. The minimum atomic E-state index is -0.243. The summed E-state index contributed by atoms with van der Waals surface area (Å²) in [6, 6.07) is 4.87. The molecular formula is C15H17FN2O. The SMILES string of the molecule is CN1CCC=C(c2cc(F)cc3cc[nH]c23)C1CO. The molecule has 2 aromatic rings. The van der Waals surface area contributed by atoms with E-state index in [1.54, 1.807) is 6.07 Å². The molecule has 0 spiro atoms. The first-order valence-corrected chi connectivity index (χ1v) is 6.49. The van der Waals surface area contributed by atoms with E-state index in [1.807, 2.05) is 19.3 Å². The first-order chi connectivity index (χ1) is 9.20. The van der Waals surface area contributed by atoms with Crippen molar-refractivity contribution >= 4 is 16.5 Å². The van der Waals surface area contributed by atoms with Gasteiger partial charge in [-0.15, -0.1) is 0 Å². The molecular weight excluding hydrogens is 243 g/mol. The van der Waals surface area contributed by atoms with Crippen LogP contribution in [0.15, 0.2) is 30.5 Å². The van der Waals surface area contributed by atoms with Crippen LogP contribution in [0, 0.1) is 5.82 Å². The molecule has 0 radical (unpaired) electrons. The highest BCUT2D eigenvalue weighted by atomic mass is 19.1. The van der Waals surface area contributed by atoms with Gasteiger partial charge in [-0.2, -0.15) is 0 Å². The molecule has 2 heterocycles. The molecule has 1 atom stereocenters. The van der Waals surface area contributed by atoms with E-state index in [4.69, 9.17) is 0 Å². The predicted molar refractivity (Wildman–Crippen MR) is 74.4 cm³/mol. The predicted octanol–water partition coefficient (Wildman–Crippen LogP) is 2.39. The van der Waals surface area contributed by atoms with E-state index < -0.39 is 0 Å². The van der Waals surface area contributed by atoms with Crippen molar-refractivity contribution in [1.82, 2.24) is 9.88 Å². The lowest BCUT2D eigenvalue weighted by Gasteiger charge is -2.32. The van der Waals surface area contributed by atoms with Crippen LogP contribution in [0.25, 0.3) is 16.5 Å². The number of H-pyrrole nitrogens is 1. The van der Waals surface area contributed by atoms with Gasteiger partial charge in [0.2, 0.25) is 0 Å². The molecule has 1 aliphatic rings. The number of nitrogens with one attached hydrogen (secondary N) is 1. The summed E-state index contributed by atoms with van der Waals surface area (Å²) in [6.07, 6.45) is 4.84. The summed E-state index contributed by atoms with van der Waals surface area (Å²) in [4.78, 5) is 5.27. The molecule has 0 saturated heterocycles. The van der Waals surface area contributed by atoms with Crippen LogP contribution < -0.4 is 0 Å². The second-order valence-corrected chi connectivity index (χ2v) is 5.02. The smallest absolute Gasteiger partial charge is 0.124 e. The number of hydrogen-bond donors (Lipinski definition) is 2. The topological polar surface area (TPSA) is 39.3 Å². The summed E-state index contributed by atoms with van der Waals surface area (Å²) in [5.74, 6) is -0.243. The van der Waals surface area contributed by atoms with Crippen LogP contribution >= 0.6 is 0 Å². The van der Waals surface area contributed by atoms with Gasteiger partial charge in [0.15, 0.2) is 0 Å². The molecule has 3 nitrogen and oxygen atoms in total. The van der Waals surface area contributed by atoms with Gasteiger partial charge in [-0.25, -0.2) is 4.39 Å². The Balaban J connectivity index is 2.17. The number of aromatic nitrogens is 1. The van der Waals surface area contributed by atoms with Crippen molar-refractivity contribution < 1.29 is 9.50 Å². The van der Waals surface area contributed by atoms with E-state index in [0.717, 1.165) is 35.0 Å². The molecule has 0 saturated carbocycles. The zero-order valence-corrected chi connectivity index (χ0v) is 10.9. The quantitative estimate of drug-likeness (QED) is 0.870. The Hall–Kier alpha value is -1.65. The maximum atomic E-state index is 13.7. The molecule has 0 aliphatic carbocycles. The van der Waals surface area contributed by atoms with Gasteiger partial charge in [-0.1, -0.05) is 6.08 Å². The maximum Gasteiger partial charge on any atom is 0.124 e. The van der Waals surface area contributed by atoms with Crippen molar-refractivity contribution in [2.75, 3.05) is 20.2 Å². The number of nitrogens with zero attached hydrogens (tertiary/aromatic N) is 1. The number of aromatic amines is 1. The average Bonchev–Trinajstić information content (AvgIpc) is 2.85. The van der Waals surface area contributed by atoms with Crippen molar-refractivity contribution in [2.45, 2.75) is 12.5 Å². The lowest BCUT2D eigenvalue weighted by atomic mass is 9.92. The fraction of sp³-hybridized carbons (Fsp3) is 0.333. The first kappa shape index (κ1) is 12.4. The number of rotatable bonds is 2. The van der Waals surface area contributed by atoms with Crippen molar-refractivity contribution in [3.8, 4) is 0 Å². The molecule has 100 valence electrons. The number of aliphatic hydroxyl groups excluding tert-OH is 1. The Bertz CT molecular complexity index is 632. The number of hydrogen-bond acceptors (Lipinski definition) is 2. The number of likely N-dealkylation sites (N-methyl/N-ethyl adjacent to an activating group) is 1. The van der Waals surface area contributed by atoms with Gasteiger partial charge in [0.25, 0.3) is 0 Å². The molecule has 1 aliphatic heterocycles. The second kappa shape index (κ2) is 4.79. The van der Waals surface area contributed by atoms with Crippen molar-refractivity contribution in [2.24, 2.45) is 0 Å². The van der Waals surface area contributed by atoms with Crippen molar-refractivity contribution in [3.63, 3.8) is 0 Å². The molecule has 3 rings (SSSR count). The van der Waals surface area contributed by atoms with Gasteiger partial charge in [0.1, 0.15) is 5.82 Å². The molecule has 4 heteroatoms. The highest BCUT2D eigenvalue weighted by molar-refractivity contribution is 5.92. The van der Waals surface area contributed by atoms with Crippen LogP contribution in [0.2, 0.25) is 0 Å². The van der Waals surface area contributed by atoms with Crippen LogP contribution in [0.1, 0.15) is 12.0 Å². The van der Waals surface area contributed by atoms with Gasteiger partial charge in [-0.05, 0) is 37.2 Å². The zero-order chi connectivity index (χ0) is 13.4. The third-order valence-corrected chi connectivity index (χ3v) is 3.85. The molecule has 2 N–H and O–H groups in total. The Kier molecular flexibility index (Phi) is 3.12. The fourth-order valence-electron chi connectivity index (χ4n) is 2.84. The van der Waals surface area contributed by atoms with Crippen molar-refractivity contribution in [1.29, 1.82) is 0 Å². The first-order valence-electron chi connectivity index (χ1n) is 6.49. The van der Waals surface area contributed by atoms with Crippen LogP contribution in [0.3, 0.4) is 0 Å². The standard InChI is InChI=1S/C15H17FN2O/c1-18-6-2-3-12(14(18)9-19)13-8-11(16)7-10-4-5-17-15(10)13/h3-5,7-8,14,17,19H,2,6,9H2,1H3. The number of benzene rings is 1. The minimum Gasteiger partial charge on any atom is -0.394 e. The molecule has 0 amide bonds. The van der Waals surface area contributed by atoms with Crippen LogP contribution in [0.5, 0.6) is 0 Å². The lowest BCUT2D eigenvalue weighted by Crippen LogP contribution is -2.38. The third kappa shape index (κ3) is 2.07. The zero-order valence-electron chi connectivity index (χ0n) is 10.9. The monoisotopic (exact) mass is 260 g/mol. The Morgan fingerprint density at radius 3 is 3.11 bits per heavy atom. The van der Waals surface area contributed by atoms with E-state index in [0.29, 0.717) is 0 Å². The van der Waals surface area contributed by atoms with Gasteiger partial charge in [-0.3, -0.25) is 4.90 Å². The lowest BCUT2D eigenvalue weighted by molar-refractivity contribution is 0.179. The average molecular weight is 260 g/mol. The van der Waals surface area contributed by atoms with Gasteiger partial charge >= 0.3 is 0 Å². The summed E-state index contributed by atoms with van der Waals surface area (Å²) in [5, 5.41) is 10.5. The van der Waals surface area contributed by atoms with Gasteiger partial charge in [0.05, 0.1) is 18.2 Å². The van der Waals surface area contributed by atoms with Crippen molar-refractivity contribution in [3.05, 3.63) is 41.9 Å². The molecule has 0 fully saturated rings. The number of fused-ring (bicyclic) bond motifs is 1. The number of aliphatic hydroxyl groups is 1. The molecule has 0 bridgehead atoms. The summed E-state index contributed by atoms with van der Waals surface area (Å²) < 4.78 is 13.7. The van der Waals surface area contributed by atoms with Gasteiger partial charge < -0.3 is 10.1 Å². The Labute approximate surface area is 111 Å². The van der Waals surface area contributed by atoms with E-state index >= 15 is 0 Å². The summed E-state index contributed by atoms with van der Waals surface area (Å²) >= 11 is 0. The Morgan fingerprint density at radius 1 is 1.47 bits per heavy atom. The van der Waals surface area contributed by atoms with E-state index in [1.165, 1.54) is 6.07 Å².